The summed E-state index contributed by atoms with van der Waals surface area (Å²) in [6.07, 6.45) is 6.18. The average molecular weight is 266 g/mol. The van der Waals surface area contributed by atoms with E-state index in [1.54, 1.807) is 7.05 Å². The number of nitrogens with zero attached hydrogens (tertiary/aromatic N) is 3. The van der Waals surface area contributed by atoms with Crippen LogP contribution in [-0.2, 0) is 0 Å². The number of carbonyl (C=O) groups excluding carboxylic acids is 1. The van der Waals surface area contributed by atoms with Crippen molar-refractivity contribution in [3.63, 3.8) is 0 Å². The van der Waals surface area contributed by atoms with Crippen molar-refractivity contribution in [1.82, 2.24) is 15.1 Å². The third-order valence-electron chi connectivity index (χ3n) is 4.09. The highest BCUT2D eigenvalue weighted by molar-refractivity contribution is 7.17. The number of carbonyl (C=O) groups is 1. The lowest BCUT2D eigenvalue weighted by molar-refractivity contribution is 0.0689. The summed E-state index contributed by atoms with van der Waals surface area (Å²) in [5.74, 6) is 0.794. The zero-order valence-corrected chi connectivity index (χ0v) is 11.4. The molecule has 98 valence electrons. The van der Waals surface area contributed by atoms with Crippen LogP contribution >= 0.6 is 11.3 Å². The Morgan fingerprint density at radius 2 is 2.17 bits per heavy atom. The van der Waals surface area contributed by atoms with Gasteiger partial charge in [0.15, 0.2) is 0 Å². The van der Waals surface area contributed by atoms with Crippen LogP contribution in [0.1, 0.15) is 41.9 Å². The van der Waals surface area contributed by atoms with Crippen molar-refractivity contribution in [3.8, 4) is 0 Å². The summed E-state index contributed by atoms with van der Waals surface area (Å²) in [7, 11) is 1.79. The predicted octanol–water partition coefficient (Wildman–Crippen LogP) is 1.98. The molecule has 0 spiro atoms. The zero-order valence-electron chi connectivity index (χ0n) is 10.6. The quantitative estimate of drug-likeness (QED) is 0.889. The van der Waals surface area contributed by atoms with Crippen molar-refractivity contribution in [2.45, 2.75) is 38.1 Å². The molecule has 0 bridgehead atoms. The Hall–Kier alpha value is -1.17. The number of fused-ring (bicyclic) bond motifs is 1. The molecule has 1 N–H and O–H groups in total. The minimum absolute atomic E-state index is 0.0726. The Bertz CT molecular complexity index is 447. The molecule has 2 heterocycles. The summed E-state index contributed by atoms with van der Waals surface area (Å²) >= 11 is 1.34. The summed E-state index contributed by atoms with van der Waals surface area (Å²) in [5, 5.41) is 12.1. The molecule has 1 aromatic rings. The largest absolute Gasteiger partial charge is 0.363 e. The molecule has 6 heteroatoms. The van der Waals surface area contributed by atoms with Crippen LogP contribution in [0.15, 0.2) is 0 Å². The maximum Gasteiger partial charge on any atom is 0.285 e. The second kappa shape index (κ2) is 4.84. The molecule has 5 nitrogen and oxygen atoms in total. The molecule has 0 aromatic carbocycles. The lowest BCUT2D eigenvalue weighted by Crippen LogP contribution is -2.39. The van der Waals surface area contributed by atoms with E-state index in [-0.39, 0.29) is 5.91 Å². The lowest BCUT2D eigenvalue weighted by atomic mass is 9.85. The van der Waals surface area contributed by atoms with Gasteiger partial charge in [-0.3, -0.25) is 4.79 Å². The first-order chi connectivity index (χ1) is 8.79. The van der Waals surface area contributed by atoms with Gasteiger partial charge in [0, 0.05) is 19.6 Å². The second-order valence-corrected chi connectivity index (χ2v) is 6.04. The number of nitrogens with one attached hydrogen (secondary N) is 1. The van der Waals surface area contributed by atoms with E-state index in [0.717, 1.165) is 25.3 Å². The minimum Gasteiger partial charge on any atom is -0.363 e. The van der Waals surface area contributed by atoms with Crippen LogP contribution in [0.3, 0.4) is 0 Å². The molecular weight excluding hydrogens is 248 g/mol. The van der Waals surface area contributed by atoms with Crippen molar-refractivity contribution >= 4 is 22.4 Å². The number of anilines is 1. The van der Waals surface area contributed by atoms with Crippen LogP contribution in [0.4, 0.5) is 5.13 Å². The normalized spacial score (nSPS) is 27.1. The Balaban J connectivity index is 1.76. The smallest absolute Gasteiger partial charge is 0.285 e. The van der Waals surface area contributed by atoms with Crippen molar-refractivity contribution in [1.29, 1.82) is 0 Å². The molecule has 0 radical (unpaired) electrons. The number of hydrogen-bond donors (Lipinski definition) is 1. The Labute approximate surface area is 111 Å². The fourth-order valence-electron chi connectivity index (χ4n) is 3.19. The van der Waals surface area contributed by atoms with Crippen molar-refractivity contribution in [2.24, 2.45) is 5.92 Å². The molecule has 1 saturated heterocycles. The molecule has 2 aliphatic rings. The van der Waals surface area contributed by atoms with Gasteiger partial charge < -0.3 is 10.2 Å². The van der Waals surface area contributed by atoms with E-state index in [9.17, 15) is 4.79 Å². The number of aromatic nitrogens is 2. The van der Waals surface area contributed by atoms with Gasteiger partial charge in [-0.05, 0) is 25.2 Å². The van der Waals surface area contributed by atoms with Crippen LogP contribution in [0.25, 0.3) is 0 Å². The van der Waals surface area contributed by atoms with Crippen molar-refractivity contribution in [2.75, 3.05) is 18.9 Å². The van der Waals surface area contributed by atoms with Gasteiger partial charge in [0.05, 0.1) is 0 Å². The van der Waals surface area contributed by atoms with Gasteiger partial charge >= 0.3 is 0 Å². The van der Waals surface area contributed by atoms with Gasteiger partial charge in [-0.1, -0.05) is 24.2 Å². The fraction of sp³-hybridized carbons (Fsp3) is 0.750. The van der Waals surface area contributed by atoms with E-state index < -0.39 is 0 Å². The second-order valence-electron chi connectivity index (χ2n) is 5.06. The van der Waals surface area contributed by atoms with Crippen LogP contribution in [-0.4, -0.2) is 40.6 Å². The molecule has 1 aromatic heterocycles. The van der Waals surface area contributed by atoms with E-state index in [4.69, 9.17) is 0 Å². The summed E-state index contributed by atoms with van der Waals surface area (Å²) < 4.78 is 0. The molecule has 1 saturated carbocycles. The Kier molecular flexibility index (Phi) is 3.20. The zero-order chi connectivity index (χ0) is 12.5. The van der Waals surface area contributed by atoms with Gasteiger partial charge in [0.2, 0.25) is 10.1 Å². The van der Waals surface area contributed by atoms with Crippen LogP contribution in [0, 0.1) is 5.92 Å². The predicted molar refractivity (Wildman–Crippen MR) is 70.9 cm³/mol. The molecule has 1 aliphatic heterocycles. The van der Waals surface area contributed by atoms with Crippen molar-refractivity contribution < 1.29 is 4.79 Å². The van der Waals surface area contributed by atoms with Gasteiger partial charge in [-0.2, -0.15) is 0 Å². The summed E-state index contributed by atoms with van der Waals surface area (Å²) in [6.45, 7) is 0.892. The SMILES string of the molecule is CNc1nnc(C(=O)N2CCC3CCCCC32)s1. The first-order valence-electron chi connectivity index (χ1n) is 6.62. The van der Waals surface area contributed by atoms with E-state index in [2.05, 4.69) is 15.5 Å². The number of hydrogen-bond acceptors (Lipinski definition) is 5. The molecule has 2 unspecified atom stereocenters. The third-order valence-corrected chi connectivity index (χ3v) is 5.02. The number of likely N-dealkylation sites (tertiary alicyclic amines) is 1. The highest BCUT2D eigenvalue weighted by atomic mass is 32.1. The average Bonchev–Trinajstić information content (AvgIpc) is 3.04. The van der Waals surface area contributed by atoms with Crippen LogP contribution in [0.5, 0.6) is 0 Å². The van der Waals surface area contributed by atoms with E-state index in [1.165, 1.54) is 30.6 Å². The molecule has 3 rings (SSSR count). The van der Waals surface area contributed by atoms with Gasteiger partial charge in [0.25, 0.3) is 5.91 Å². The standard InChI is InChI=1S/C12H18N4OS/c1-13-12-15-14-10(18-12)11(17)16-7-6-8-4-2-3-5-9(8)16/h8-9H,2-7H2,1H3,(H,13,15). The summed E-state index contributed by atoms with van der Waals surface area (Å²) in [4.78, 5) is 14.5. The maximum absolute atomic E-state index is 12.4. The number of amides is 1. The first kappa shape index (κ1) is 11.9. The lowest BCUT2D eigenvalue weighted by Gasteiger charge is -2.31. The third kappa shape index (κ3) is 1.98. The summed E-state index contributed by atoms with van der Waals surface area (Å²) in [6, 6.07) is 0.452. The van der Waals surface area contributed by atoms with Gasteiger partial charge in [-0.25, -0.2) is 0 Å². The molecule has 2 fully saturated rings. The van der Waals surface area contributed by atoms with Crippen molar-refractivity contribution in [3.05, 3.63) is 5.01 Å². The highest BCUT2D eigenvalue weighted by Crippen LogP contribution is 2.37. The van der Waals surface area contributed by atoms with Gasteiger partial charge in [0.1, 0.15) is 0 Å². The highest BCUT2D eigenvalue weighted by Gasteiger charge is 2.39. The topological polar surface area (TPSA) is 58.1 Å². The first-order valence-corrected chi connectivity index (χ1v) is 7.43. The molecular formula is C12H18N4OS. The molecule has 2 atom stereocenters. The summed E-state index contributed by atoms with van der Waals surface area (Å²) in [5.41, 5.74) is 0. The van der Waals surface area contributed by atoms with E-state index in [0.29, 0.717) is 16.2 Å². The van der Waals surface area contributed by atoms with E-state index in [1.807, 2.05) is 4.90 Å². The Morgan fingerprint density at radius 3 is 2.94 bits per heavy atom. The number of rotatable bonds is 2. The molecule has 1 aliphatic carbocycles. The van der Waals surface area contributed by atoms with Crippen LogP contribution < -0.4 is 5.32 Å². The van der Waals surface area contributed by atoms with E-state index >= 15 is 0 Å². The monoisotopic (exact) mass is 266 g/mol. The minimum atomic E-state index is 0.0726. The maximum atomic E-state index is 12.4. The van der Waals surface area contributed by atoms with Gasteiger partial charge in [-0.15, -0.1) is 10.2 Å². The molecule has 1 amide bonds. The fourth-order valence-corrected chi connectivity index (χ4v) is 3.84. The molecule has 18 heavy (non-hydrogen) atoms. The Morgan fingerprint density at radius 1 is 1.33 bits per heavy atom. The van der Waals surface area contributed by atoms with Crippen LogP contribution in [0.2, 0.25) is 0 Å².